The molecule has 1 aliphatic heterocycles. The molecule has 1 heterocycles. The van der Waals surface area contributed by atoms with Gasteiger partial charge in [-0.3, -0.25) is 0 Å². The molecule has 0 bridgehead atoms. The van der Waals surface area contributed by atoms with Gasteiger partial charge < -0.3 is 19.1 Å². The van der Waals surface area contributed by atoms with Gasteiger partial charge in [0.15, 0.2) is 0 Å². The number of benzene rings is 2. The lowest BCUT2D eigenvalue weighted by atomic mass is 10.2. The largest absolute Gasteiger partial charge is 0.383 e. The number of urea groups is 1. The van der Waals surface area contributed by atoms with E-state index in [2.05, 4.69) is 5.32 Å². The minimum absolute atomic E-state index is 0.0748. The number of rotatable bonds is 7. The number of carbonyl (C=O) groups excluding carboxylic acids is 1. The average molecular weight is 422 g/mol. The van der Waals surface area contributed by atoms with Crippen LogP contribution < -0.4 is 9.50 Å². The van der Waals surface area contributed by atoms with Crippen LogP contribution in [0, 0.1) is 5.82 Å². The first-order chi connectivity index (χ1) is 13.8. The molecular weight excluding hydrogens is 399 g/mol. The van der Waals surface area contributed by atoms with Crippen LogP contribution in [0.25, 0.3) is 0 Å². The van der Waals surface area contributed by atoms with Gasteiger partial charge in [-0.05, 0) is 42.7 Å². The second-order valence-electron chi connectivity index (χ2n) is 6.86. The maximum Gasteiger partial charge on any atom is 0.322 e. The van der Waals surface area contributed by atoms with E-state index in [-0.39, 0.29) is 24.1 Å². The van der Waals surface area contributed by atoms with E-state index < -0.39 is 22.0 Å². The van der Waals surface area contributed by atoms with E-state index in [9.17, 15) is 17.6 Å². The van der Waals surface area contributed by atoms with E-state index in [0.717, 1.165) is 24.7 Å². The van der Waals surface area contributed by atoms with Crippen LogP contribution >= 0.6 is 0 Å². The van der Waals surface area contributed by atoms with E-state index in [1.165, 1.54) is 24.3 Å². The third kappa shape index (κ3) is 6.43. The number of amides is 2. The van der Waals surface area contributed by atoms with Gasteiger partial charge >= 0.3 is 16.1 Å². The van der Waals surface area contributed by atoms with E-state index >= 15 is 0 Å². The SMILES string of the molecule is CS(=O)(=O)Oc1ccc(CN(C[C@@H]2CCCO2)C(=O)Nc2ccccc2F)cc1. The van der Waals surface area contributed by atoms with Crippen LogP contribution in [0.4, 0.5) is 14.9 Å². The highest BCUT2D eigenvalue weighted by Gasteiger charge is 2.23. The molecule has 3 rings (SSSR count). The summed E-state index contributed by atoms with van der Waals surface area (Å²) < 4.78 is 46.8. The van der Waals surface area contributed by atoms with Crippen LogP contribution in [-0.4, -0.2) is 44.9 Å². The Morgan fingerprint density at radius 3 is 2.59 bits per heavy atom. The van der Waals surface area contributed by atoms with Gasteiger partial charge in [0.05, 0.1) is 18.0 Å². The molecule has 156 valence electrons. The molecule has 0 unspecified atom stereocenters. The second-order valence-corrected chi connectivity index (χ2v) is 8.43. The number of carbonyl (C=O) groups is 1. The molecule has 1 saturated heterocycles. The Balaban J connectivity index is 1.72. The second kappa shape index (κ2) is 9.23. The van der Waals surface area contributed by atoms with Crippen molar-refractivity contribution in [2.75, 3.05) is 24.7 Å². The lowest BCUT2D eigenvalue weighted by Crippen LogP contribution is -2.39. The molecule has 0 saturated carbocycles. The Kier molecular flexibility index (Phi) is 6.71. The number of ether oxygens (including phenoxy) is 1. The van der Waals surface area contributed by atoms with Gasteiger partial charge in [0.25, 0.3) is 0 Å². The molecule has 29 heavy (non-hydrogen) atoms. The van der Waals surface area contributed by atoms with Crippen molar-refractivity contribution in [3.63, 3.8) is 0 Å². The minimum Gasteiger partial charge on any atom is -0.383 e. The molecule has 1 atom stereocenters. The summed E-state index contributed by atoms with van der Waals surface area (Å²) >= 11 is 0. The summed E-state index contributed by atoms with van der Waals surface area (Å²) in [5, 5.41) is 2.60. The number of nitrogens with one attached hydrogen (secondary N) is 1. The van der Waals surface area contributed by atoms with Crippen LogP contribution in [0.2, 0.25) is 0 Å². The monoisotopic (exact) mass is 422 g/mol. The molecular formula is C20H23FN2O5S. The van der Waals surface area contributed by atoms with Crippen LogP contribution in [0.1, 0.15) is 18.4 Å². The molecule has 1 N–H and O–H groups in total. The number of hydrogen-bond donors (Lipinski definition) is 1. The summed E-state index contributed by atoms with van der Waals surface area (Å²) in [5.41, 5.74) is 0.874. The summed E-state index contributed by atoms with van der Waals surface area (Å²) in [6.07, 6.45) is 2.68. The van der Waals surface area contributed by atoms with E-state index in [4.69, 9.17) is 8.92 Å². The predicted octanol–water partition coefficient (Wildman–Crippen LogP) is 3.38. The molecule has 9 heteroatoms. The van der Waals surface area contributed by atoms with Gasteiger partial charge in [0, 0.05) is 19.7 Å². The Hall–Kier alpha value is -2.65. The Morgan fingerprint density at radius 1 is 1.24 bits per heavy atom. The zero-order valence-corrected chi connectivity index (χ0v) is 16.8. The smallest absolute Gasteiger partial charge is 0.322 e. The van der Waals surface area contributed by atoms with Crippen molar-refractivity contribution in [3.8, 4) is 5.75 Å². The zero-order chi connectivity index (χ0) is 20.9. The summed E-state index contributed by atoms with van der Waals surface area (Å²) in [5.74, 6) is -0.321. The summed E-state index contributed by atoms with van der Waals surface area (Å²) in [7, 11) is -3.61. The molecule has 0 aliphatic carbocycles. The van der Waals surface area contributed by atoms with Gasteiger partial charge in [0.1, 0.15) is 11.6 Å². The predicted molar refractivity (Wildman–Crippen MR) is 107 cm³/mol. The minimum atomic E-state index is -3.61. The number of para-hydroxylation sites is 1. The number of nitrogens with zero attached hydrogens (tertiary/aromatic N) is 1. The fraction of sp³-hybridized carbons (Fsp3) is 0.350. The molecule has 0 aromatic heterocycles. The first-order valence-corrected chi connectivity index (χ1v) is 11.0. The van der Waals surface area contributed by atoms with Crippen LogP contribution in [-0.2, 0) is 21.4 Å². The van der Waals surface area contributed by atoms with Crippen molar-refractivity contribution >= 4 is 21.8 Å². The standard InChI is InChI=1S/C20H23FN2O5S/c1-29(25,26)28-16-10-8-15(9-11-16)13-23(14-17-5-4-12-27-17)20(24)22-19-7-3-2-6-18(19)21/h2-3,6-11,17H,4-5,12-14H2,1H3,(H,22,24)/t17-/m0/s1. The third-order valence-electron chi connectivity index (χ3n) is 4.40. The van der Waals surface area contributed by atoms with E-state index in [0.29, 0.717) is 13.2 Å². The normalized spacial score (nSPS) is 16.4. The van der Waals surface area contributed by atoms with Crippen molar-refractivity contribution in [2.45, 2.75) is 25.5 Å². The highest BCUT2D eigenvalue weighted by atomic mass is 32.2. The van der Waals surface area contributed by atoms with Gasteiger partial charge in [-0.2, -0.15) is 8.42 Å². The van der Waals surface area contributed by atoms with Crippen LogP contribution in [0.5, 0.6) is 5.75 Å². The highest BCUT2D eigenvalue weighted by Crippen LogP contribution is 2.20. The number of halogens is 1. The molecule has 0 spiro atoms. The maximum absolute atomic E-state index is 13.9. The topological polar surface area (TPSA) is 84.9 Å². The van der Waals surface area contributed by atoms with Gasteiger partial charge in [0.2, 0.25) is 0 Å². The van der Waals surface area contributed by atoms with Gasteiger partial charge in [-0.25, -0.2) is 9.18 Å². The highest BCUT2D eigenvalue weighted by molar-refractivity contribution is 7.86. The molecule has 0 radical (unpaired) electrons. The fourth-order valence-corrected chi connectivity index (χ4v) is 3.52. The number of hydrogen-bond acceptors (Lipinski definition) is 5. The lowest BCUT2D eigenvalue weighted by molar-refractivity contribution is 0.0819. The molecule has 2 aromatic rings. The number of anilines is 1. The molecule has 7 nitrogen and oxygen atoms in total. The Bertz CT molecular complexity index is 944. The third-order valence-corrected chi connectivity index (χ3v) is 4.89. The van der Waals surface area contributed by atoms with E-state index in [1.807, 2.05) is 0 Å². The lowest BCUT2D eigenvalue weighted by Gasteiger charge is -2.26. The zero-order valence-electron chi connectivity index (χ0n) is 16.0. The molecule has 2 amide bonds. The Labute approximate surface area is 169 Å². The maximum atomic E-state index is 13.9. The summed E-state index contributed by atoms with van der Waals surface area (Å²) in [6.45, 7) is 1.27. The van der Waals surface area contributed by atoms with Crippen molar-refractivity contribution in [2.24, 2.45) is 0 Å². The van der Waals surface area contributed by atoms with Crippen LogP contribution in [0.3, 0.4) is 0 Å². The van der Waals surface area contributed by atoms with Gasteiger partial charge in [-0.15, -0.1) is 0 Å². The summed E-state index contributed by atoms with van der Waals surface area (Å²) in [4.78, 5) is 14.4. The quantitative estimate of drug-likeness (QED) is 0.692. The molecule has 2 aromatic carbocycles. The van der Waals surface area contributed by atoms with Crippen LogP contribution in [0.15, 0.2) is 48.5 Å². The van der Waals surface area contributed by atoms with Crippen molar-refractivity contribution < 1.29 is 26.5 Å². The Morgan fingerprint density at radius 2 is 1.97 bits per heavy atom. The molecule has 1 aliphatic rings. The van der Waals surface area contributed by atoms with Gasteiger partial charge in [-0.1, -0.05) is 24.3 Å². The van der Waals surface area contributed by atoms with Crippen molar-refractivity contribution in [1.29, 1.82) is 0 Å². The first-order valence-electron chi connectivity index (χ1n) is 9.20. The first kappa shape index (κ1) is 21.1. The average Bonchev–Trinajstić information content (AvgIpc) is 3.16. The van der Waals surface area contributed by atoms with E-state index in [1.54, 1.807) is 29.2 Å². The molecule has 1 fully saturated rings. The summed E-state index contributed by atoms with van der Waals surface area (Å²) in [6, 6.07) is 11.9. The fourth-order valence-electron chi connectivity index (χ4n) is 3.06. The van der Waals surface area contributed by atoms with Crippen molar-refractivity contribution in [1.82, 2.24) is 4.90 Å². The van der Waals surface area contributed by atoms with Crippen molar-refractivity contribution in [3.05, 3.63) is 59.9 Å².